The van der Waals surface area contributed by atoms with E-state index in [1.54, 1.807) is 19.2 Å². The second kappa shape index (κ2) is 6.98. The average molecular weight is 406 g/mol. The molecule has 3 aromatic heterocycles. The molecular formula is C18H17F3N6O2. The van der Waals surface area contributed by atoms with Gasteiger partial charge in [-0.05, 0) is 31.9 Å². The maximum Gasteiger partial charge on any atom is 0.435 e. The van der Waals surface area contributed by atoms with Crippen LogP contribution in [0.5, 0.6) is 0 Å². The first-order chi connectivity index (χ1) is 13.7. The fraction of sp³-hybridized carbons (Fsp3) is 0.389. The van der Waals surface area contributed by atoms with E-state index >= 15 is 0 Å². The predicted octanol–water partition coefficient (Wildman–Crippen LogP) is 3.25. The summed E-state index contributed by atoms with van der Waals surface area (Å²) in [5, 5.41) is 9.81. The van der Waals surface area contributed by atoms with Gasteiger partial charge in [-0.25, -0.2) is 0 Å². The van der Waals surface area contributed by atoms with E-state index in [9.17, 15) is 18.0 Å². The monoisotopic (exact) mass is 406 g/mol. The molecular weight excluding hydrogens is 389 g/mol. The van der Waals surface area contributed by atoms with E-state index in [-0.39, 0.29) is 11.6 Å². The van der Waals surface area contributed by atoms with Gasteiger partial charge in [0.05, 0.1) is 0 Å². The summed E-state index contributed by atoms with van der Waals surface area (Å²) in [5.41, 5.74) is 0.359. The van der Waals surface area contributed by atoms with Gasteiger partial charge in [-0.1, -0.05) is 5.16 Å². The summed E-state index contributed by atoms with van der Waals surface area (Å²) >= 11 is 0. The van der Waals surface area contributed by atoms with E-state index in [4.69, 9.17) is 4.52 Å². The highest BCUT2D eigenvalue weighted by Crippen LogP contribution is 2.39. The third-order valence-corrected chi connectivity index (χ3v) is 4.60. The number of aryl methyl sites for hydroxylation is 1. The van der Waals surface area contributed by atoms with Crippen molar-refractivity contribution in [2.75, 3.05) is 0 Å². The molecule has 3 heterocycles. The smallest absolute Gasteiger partial charge is 0.339 e. The molecule has 1 saturated carbocycles. The van der Waals surface area contributed by atoms with Crippen LogP contribution in [-0.2, 0) is 13.2 Å². The van der Waals surface area contributed by atoms with Crippen molar-refractivity contribution in [2.45, 2.75) is 37.9 Å². The normalized spacial score (nSPS) is 15.3. The van der Waals surface area contributed by atoms with Crippen molar-refractivity contribution in [3.63, 3.8) is 0 Å². The number of carbonyl (C=O) groups is 1. The number of halogens is 3. The van der Waals surface area contributed by atoms with Crippen molar-refractivity contribution < 1.29 is 22.5 Å². The molecule has 1 amide bonds. The maximum absolute atomic E-state index is 12.8. The van der Waals surface area contributed by atoms with Crippen molar-refractivity contribution in [1.29, 1.82) is 0 Å². The van der Waals surface area contributed by atoms with Crippen LogP contribution in [0.15, 0.2) is 28.9 Å². The lowest BCUT2D eigenvalue weighted by Gasteiger charge is -2.09. The third kappa shape index (κ3) is 3.98. The standard InChI is InChI=1S/C18H17F3N6O2/c1-9(23-16(28)13-8-14(18(19,20)21)25-27(13)2)17-24-15(26-29-17)11-5-6-22-12(7-11)10-3-4-10/h5-10H,3-4H2,1-2H3,(H,23,28)/t9-/m1/s1. The second-order valence-electron chi connectivity index (χ2n) is 6.93. The van der Waals surface area contributed by atoms with Gasteiger partial charge >= 0.3 is 6.18 Å². The summed E-state index contributed by atoms with van der Waals surface area (Å²) in [6, 6.07) is 3.65. The molecule has 11 heteroatoms. The summed E-state index contributed by atoms with van der Waals surface area (Å²) < 4.78 is 44.4. The highest BCUT2D eigenvalue weighted by atomic mass is 19.4. The van der Waals surface area contributed by atoms with Crippen molar-refractivity contribution >= 4 is 5.91 Å². The fourth-order valence-electron chi connectivity index (χ4n) is 2.87. The maximum atomic E-state index is 12.8. The van der Waals surface area contributed by atoms with Gasteiger partial charge in [0.1, 0.15) is 11.7 Å². The second-order valence-corrected chi connectivity index (χ2v) is 6.93. The number of hydrogen-bond acceptors (Lipinski definition) is 6. The number of amides is 1. The minimum absolute atomic E-state index is 0.136. The molecule has 1 aliphatic rings. The number of pyridine rings is 1. The van der Waals surface area contributed by atoms with Gasteiger partial charge in [0.25, 0.3) is 5.91 Å². The Morgan fingerprint density at radius 3 is 2.76 bits per heavy atom. The zero-order valence-electron chi connectivity index (χ0n) is 15.6. The van der Waals surface area contributed by atoms with Gasteiger partial charge in [0, 0.05) is 36.5 Å². The molecule has 1 fully saturated rings. The molecule has 0 spiro atoms. The van der Waals surface area contributed by atoms with Crippen LogP contribution in [0.2, 0.25) is 0 Å². The van der Waals surface area contributed by atoms with Crippen molar-refractivity contribution in [1.82, 2.24) is 30.2 Å². The van der Waals surface area contributed by atoms with Crippen molar-refractivity contribution in [3.05, 3.63) is 47.4 Å². The molecule has 1 aliphatic carbocycles. The average Bonchev–Trinajstić information content (AvgIpc) is 3.25. The lowest BCUT2D eigenvalue weighted by atomic mass is 10.2. The topological polar surface area (TPSA) is 98.7 Å². The lowest BCUT2D eigenvalue weighted by Crippen LogP contribution is -2.28. The van der Waals surface area contributed by atoms with Crippen LogP contribution < -0.4 is 5.32 Å². The Kier molecular flexibility index (Phi) is 4.59. The first kappa shape index (κ1) is 19.1. The van der Waals surface area contributed by atoms with Crippen LogP contribution in [0.4, 0.5) is 13.2 Å². The Labute approximate surface area is 163 Å². The number of nitrogens with zero attached hydrogens (tertiary/aromatic N) is 5. The zero-order valence-corrected chi connectivity index (χ0v) is 15.6. The first-order valence-corrected chi connectivity index (χ1v) is 8.94. The van der Waals surface area contributed by atoms with Crippen LogP contribution in [0.3, 0.4) is 0 Å². The molecule has 4 rings (SSSR count). The molecule has 0 bridgehead atoms. The minimum Gasteiger partial charge on any atom is -0.339 e. The van der Waals surface area contributed by atoms with Crippen LogP contribution in [0.1, 0.15) is 59.5 Å². The van der Waals surface area contributed by atoms with Crippen molar-refractivity contribution in [2.24, 2.45) is 7.05 Å². The summed E-state index contributed by atoms with van der Waals surface area (Å²) in [6.07, 6.45) is -0.722. The van der Waals surface area contributed by atoms with Gasteiger partial charge in [-0.2, -0.15) is 23.3 Å². The third-order valence-electron chi connectivity index (χ3n) is 4.60. The highest BCUT2D eigenvalue weighted by molar-refractivity contribution is 5.92. The quantitative estimate of drug-likeness (QED) is 0.698. The predicted molar refractivity (Wildman–Crippen MR) is 93.6 cm³/mol. The number of alkyl halides is 3. The Morgan fingerprint density at radius 1 is 1.34 bits per heavy atom. The van der Waals surface area contributed by atoms with Crippen molar-refractivity contribution in [3.8, 4) is 11.4 Å². The van der Waals surface area contributed by atoms with Gasteiger partial charge in [0.2, 0.25) is 11.7 Å². The van der Waals surface area contributed by atoms with E-state index in [2.05, 4.69) is 25.5 Å². The Balaban J connectivity index is 1.48. The molecule has 3 aromatic rings. The molecule has 0 aliphatic heterocycles. The van der Waals surface area contributed by atoms with E-state index in [1.807, 2.05) is 6.07 Å². The summed E-state index contributed by atoms with van der Waals surface area (Å²) in [6.45, 7) is 1.60. The molecule has 0 aromatic carbocycles. The number of nitrogens with one attached hydrogen (secondary N) is 1. The van der Waals surface area contributed by atoms with Gasteiger partial charge in [-0.15, -0.1) is 0 Å². The summed E-state index contributed by atoms with van der Waals surface area (Å²) in [5.74, 6) is 0.226. The Hall–Kier alpha value is -3.24. The van der Waals surface area contributed by atoms with E-state index in [0.717, 1.165) is 28.8 Å². The number of rotatable bonds is 5. The number of aromatic nitrogens is 5. The van der Waals surface area contributed by atoms with Gasteiger partial charge in [0.15, 0.2) is 5.69 Å². The van der Waals surface area contributed by atoms with E-state index in [0.29, 0.717) is 17.8 Å². The molecule has 0 radical (unpaired) electrons. The summed E-state index contributed by atoms with van der Waals surface area (Å²) in [7, 11) is 1.26. The Bertz CT molecular complexity index is 1050. The molecule has 29 heavy (non-hydrogen) atoms. The van der Waals surface area contributed by atoms with Gasteiger partial charge in [-0.3, -0.25) is 14.5 Å². The molecule has 1 N–H and O–H groups in total. The highest BCUT2D eigenvalue weighted by Gasteiger charge is 2.35. The lowest BCUT2D eigenvalue weighted by molar-refractivity contribution is -0.141. The first-order valence-electron chi connectivity index (χ1n) is 8.94. The van der Waals surface area contributed by atoms with Crippen LogP contribution in [0.25, 0.3) is 11.4 Å². The largest absolute Gasteiger partial charge is 0.435 e. The van der Waals surface area contributed by atoms with Gasteiger partial charge < -0.3 is 9.84 Å². The molecule has 152 valence electrons. The number of hydrogen-bond donors (Lipinski definition) is 1. The molecule has 0 saturated heterocycles. The summed E-state index contributed by atoms with van der Waals surface area (Å²) in [4.78, 5) is 21.0. The molecule has 8 nitrogen and oxygen atoms in total. The number of carbonyl (C=O) groups excluding carboxylic acids is 1. The molecule has 1 atom stereocenters. The van der Waals surface area contributed by atoms with E-state index in [1.165, 1.54) is 7.05 Å². The zero-order chi connectivity index (χ0) is 20.8. The Morgan fingerprint density at radius 2 is 2.10 bits per heavy atom. The molecule has 0 unspecified atom stereocenters. The minimum atomic E-state index is -4.63. The van der Waals surface area contributed by atoms with Crippen LogP contribution >= 0.6 is 0 Å². The van der Waals surface area contributed by atoms with Crippen LogP contribution in [0, 0.1) is 0 Å². The SMILES string of the molecule is C[C@@H](NC(=O)c1cc(C(F)(F)F)nn1C)c1nc(-c2ccnc(C3CC3)c2)no1. The fourth-order valence-corrected chi connectivity index (χ4v) is 2.87. The van der Waals surface area contributed by atoms with E-state index < -0.39 is 23.8 Å². The van der Waals surface area contributed by atoms with Crippen LogP contribution in [-0.4, -0.2) is 30.8 Å².